The molecule has 1 fully saturated rings. The first-order chi connectivity index (χ1) is 14.2. The lowest BCUT2D eigenvalue weighted by molar-refractivity contribution is 0.444. The van der Waals surface area contributed by atoms with Crippen molar-refractivity contribution in [1.82, 2.24) is 0 Å². The van der Waals surface area contributed by atoms with E-state index in [0.717, 1.165) is 56.1 Å². The molecule has 29 heavy (non-hydrogen) atoms. The van der Waals surface area contributed by atoms with E-state index < -0.39 is 0 Å². The first-order valence-corrected chi connectivity index (χ1v) is 11.2. The van der Waals surface area contributed by atoms with E-state index in [1.54, 1.807) is 0 Å². The van der Waals surface area contributed by atoms with E-state index in [2.05, 4.69) is 13.0 Å². The van der Waals surface area contributed by atoms with Crippen molar-refractivity contribution in [3.8, 4) is 0 Å². The van der Waals surface area contributed by atoms with Gasteiger partial charge in [-0.25, -0.2) is 8.78 Å². The molecule has 0 amide bonds. The maximum absolute atomic E-state index is 15.4. The molecule has 2 aliphatic rings. The Labute approximate surface area is 170 Å². The van der Waals surface area contributed by atoms with Crippen LogP contribution in [0.25, 0.3) is 27.5 Å². The molecule has 0 N–H and O–H groups in total. The van der Waals surface area contributed by atoms with Crippen LogP contribution >= 0.6 is 0 Å². The molecule has 0 saturated heterocycles. The second-order valence-corrected chi connectivity index (χ2v) is 8.89. The number of fused-ring (bicyclic) bond motifs is 3. The summed E-state index contributed by atoms with van der Waals surface area (Å²) in [5.74, 6) is 0.327. The first kappa shape index (κ1) is 18.8. The Kier molecular flexibility index (Phi) is 4.93. The summed E-state index contributed by atoms with van der Waals surface area (Å²) in [6, 6.07) is 7.53. The Bertz CT molecular complexity index is 1090. The second-order valence-electron chi connectivity index (χ2n) is 8.89. The van der Waals surface area contributed by atoms with Gasteiger partial charge in [0.25, 0.3) is 0 Å². The smallest absolute Gasteiger partial charge is 0.173 e. The molecule has 1 saturated carbocycles. The van der Waals surface area contributed by atoms with Crippen molar-refractivity contribution in [2.45, 2.75) is 70.6 Å². The van der Waals surface area contributed by atoms with Gasteiger partial charge in [-0.2, -0.15) is 0 Å². The van der Waals surface area contributed by atoms with E-state index in [9.17, 15) is 0 Å². The number of allylic oxidation sites excluding steroid dienone is 2. The summed E-state index contributed by atoms with van der Waals surface area (Å²) in [6.07, 6.45) is 12.0. The van der Waals surface area contributed by atoms with Crippen LogP contribution in [-0.2, 0) is 0 Å². The summed E-state index contributed by atoms with van der Waals surface area (Å²) in [7, 11) is 0. The number of benzene rings is 2. The summed E-state index contributed by atoms with van der Waals surface area (Å²) in [5, 5.41) is 1.34. The highest BCUT2D eigenvalue weighted by Gasteiger charge is 2.25. The van der Waals surface area contributed by atoms with Gasteiger partial charge in [0.05, 0.1) is 0 Å². The minimum absolute atomic E-state index is 0.191. The summed E-state index contributed by atoms with van der Waals surface area (Å²) < 4.78 is 36.5. The molecule has 1 nitrogen and oxygen atoms in total. The highest BCUT2D eigenvalue weighted by atomic mass is 19.1. The number of halogens is 2. The molecule has 0 aliphatic heterocycles. The maximum atomic E-state index is 15.4. The lowest BCUT2D eigenvalue weighted by atomic mass is 9.84. The molecule has 3 heteroatoms. The van der Waals surface area contributed by atoms with Crippen molar-refractivity contribution >= 4 is 27.5 Å². The molecule has 152 valence electrons. The quantitative estimate of drug-likeness (QED) is 0.432. The zero-order valence-corrected chi connectivity index (χ0v) is 17.1. The molecule has 1 aromatic heterocycles. The molecule has 1 heterocycles. The standard InChI is InChI=1S/C26H28F2O/c1-2-5-16-8-10-18(11-9-16)20-13-15-22-21-14-12-19(17-6-3-4-7-17)23(27)25(21)29-26(22)24(20)28/h10,12-17H,2-9,11H2,1H3. The number of rotatable bonds is 4. The van der Waals surface area contributed by atoms with Gasteiger partial charge in [0, 0.05) is 16.3 Å². The second kappa shape index (κ2) is 7.59. The van der Waals surface area contributed by atoms with Gasteiger partial charge in [-0.1, -0.05) is 50.8 Å². The van der Waals surface area contributed by atoms with Crippen LogP contribution in [0.3, 0.4) is 0 Å². The zero-order chi connectivity index (χ0) is 20.0. The largest absolute Gasteiger partial charge is 0.450 e. The molecule has 2 aliphatic carbocycles. The molecule has 2 aromatic carbocycles. The molecule has 5 rings (SSSR count). The molecule has 1 atom stereocenters. The fourth-order valence-corrected chi connectivity index (χ4v) is 5.46. The molecule has 0 bridgehead atoms. The van der Waals surface area contributed by atoms with Gasteiger partial charge in [-0.05, 0) is 67.2 Å². The van der Waals surface area contributed by atoms with Gasteiger partial charge in [0.2, 0.25) is 0 Å². The predicted molar refractivity (Wildman–Crippen MR) is 115 cm³/mol. The highest BCUT2D eigenvalue weighted by Crippen LogP contribution is 2.41. The van der Waals surface area contributed by atoms with Crippen molar-refractivity contribution < 1.29 is 13.2 Å². The van der Waals surface area contributed by atoms with Crippen molar-refractivity contribution in [3.63, 3.8) is 0 Å². The van der Waals surface area contributed by atoms with Crippen molar-refractivity contribution in [2.24, 2.45) is 5.92 Å². The van der Waals surface area contributed by atoms with Gasteiger partial charge < -0.3 is 4.42 Å². The molecular formula is C26H28F2O. The minimum atomic E-state index is -0.347. The Balaban J connectivity index is 1.57. The van der Waals surface area contributed by atoms with Crippen molar-refractivity contribution in [3.05, 3.63) is 53.1 Å². The third-order valence-corrected chi connectivity index (χ3v) is 7.08. The van der Waals surface area contributed by atoms with Crippen LogP contribution < -0.4 is 0 Å². The topological polar surface area (TPSA) is 13.1 Å². The van der Waals surface area contributed by atoms with Crippen molar-refractivity contribution in [2.75, 3.05) is 0 Å². The average Bonchev–Trinajstić information content (AvgIpc) is 3.39. The summed E-state index contributed by atoms with van der Waals surface area (Å²) in [4.78, 5) is 0. The summed E-state index contributed by atoms with van der Waals surface area (Å²) in [5.41, 5.74) is 2.80. The number of hydrogen-bond donors (Lipinski definition) is 0. The van der Waals surface area contributed by atoms with Crippen LogP contribution in [0.1, 0.15) is 81.8 Å². The van der Waals surface area contributed by atoms with Gasteiger partial charge in [0.15, 0.2) is 22.8 Å². The van der Waals surface area contributed by atoms with E-state index in [4.69, 9.17) is 4.42 Å². The molecule has 1 unspecified atom stereocenters. The van der Waals surface area contributed by atoms with E-state index in [1.807, 2.05) is 24.3 Å². The molecule has 0 radical (unpaired) electrons. The van der Waals surface area contributed by atoms with Crippen LogP contribution in [0.15, 0.2) is 34.8 Å². The third-order valence-electron chi connectivity index (χ3n) is 7.08. The number of hydrogen-bond acceptors (Lipinski definition) is 1. The maximum Gasteiger partial charge on any atom is 0.173 e. The highest BCUT2D eigenvalue weighted by molar-refractivity contribution is 6.06. The lowest BCUT2D eigenvalue weighted by Crippen LogP contribution is -2.05. The van der Waals surface area contributed by atoms with E-state index in [1.165, 1.54) is 12.8 Å². The van der Waals surface area contributed by atoms with Crippen LogP contribution in [0.5, 0.6) is 0 Å². The van der Waals surface area contributed by atoms with Gasteiger partial charge in [-0.3, -0.25) is 0 Å². The van der Waals surface area contributed by atoms with Crippen LogP contribution in [0.4, 0.5) is 8.78 Å². The third kappa shape index (κ3) is 3.19. The SMILES string of the molecule is CCCC1CC=C(c2ccc3c(oc4c(F)c(C5CCCC5)ccc43)c2F)CC1. The van der Waals surface area contributed by atoms with Crippen LogP contribution in [-0.4, -0.2) is 0 Å². The van der Waals surface area contributed by atoms with Gasteiger partial charge in [0.1, 0.15) is 0 Å². The Morgan fingerprint density at radius 1 is 0.931 bits per heavy atom. The van der Waals surface area contributed by atoms with Gasteiger partial charge >= 0.3 is 0 Å². The molecule has 3 aromatic rings. The Hall–Kier alpha value is -2.16. The lowest BCUT2D eigenvalue weighted by Gasteiger charge is -2.21. The van der Waals surface area contributed by atoms with Gasteiger partial charge in [-0.15, -0.1) is 0 Å². The number of furan rings is 1. The zero-order valence-electron chi connectivity index (χ0n) is 17.1. The van der Waals surface area contributed by atoms with Crippen LogP contribution in [0.2, 0.25) is 0 Å². The average molecular weight is 395 g/mol. The monoisotopic (exact) mass is 394 g/mol. The fourth-order valence-electron chi connectivity index (χ4n) is 5.46. The normalized spacial score (nSPS) is 20.7. The van der Waals surface area contributed by atoms with E-state index >= 15 is 8.78 Å². The summed E-state index contributed by atoms with van der Waals surface area (Å²) >= 11 is 0. The fraction of sp³-hybridized carbons (Fsp3) is 0.462. The van der Waals surface area contributed by atoms with E-state index in [0.29, 0.717) is 22.3 Å². The Morgan fingerprint density at radius 3 is 2.34 bits per heavy atom. The van der Waals surface area contributed by atoms with E-state index in [-0.39, 0.29) is 28.7 Å². The Morgan fingerprint density at radius 2 is 1.66 bits per heavy atom. The van der Waals surface area contributed by atoms with Crippen LogP contribution in [0, 0.1) is 17.6 Å². The molecule has 0 spiro atoms. The first-order valence-electron chi connectivity index (χ1n) is 11.2. The predicted octanol–water partition coefficient (Wildman–Crippen LogP) is 8.51. The minimum Gasteiger partial charge on any atom is -0.450 e. The van der Waals surface area contributed by atoms with Crippen molar-refractivity contribution in [1.29, 1.82) is 0 Å². The summed E-state index contributed by atoms with van der Waals surface area (Å²) in [6.45, 7) is 2.21. The molecular weight excluding hydrogens is 366 g/mol.